The molecule has 0 aliphatic carbocycles. The third-order valence-electron chi connectivity index (χ3n) is 2.96. The summed E-state index contributed by atoms with van der Waals surface area (Å²) in [7, 11) is 0. The second-order valence-electron chi connectivity index (χ2n) is 4.32. The first-order chi connectivity index (χ1) is 8.66. The Kier molecular flexibility index (Phi) is 4.89. The maximum atomic E-state index is 13.5. The van der Waals surface area contributed by atoms with Crippen molar-refractivity contribution >= 4 is 29.3 Å². The van der Waals surface area contributed by atoms with Crippen molar-refractivity contribution < 1.29 is 9.18 Å². The van der Waals surface area contributed by atoms with Crippen LogP contribution < -0.4 is 0 Å². The maximum Gasteiger partial charge on any atom is 0.232 e. The number of rotatable bonds is 4. The minimum atomic E-state index is -0.302. The van der Waals surface area contributed by atoms with Gasteiger partial charge in [0.1, 0.15) is 5.82 Å². The van der Waals surface area contributed by atoms with Crippen LogP contribution in [-0.2, 0) is 10.5 Å². The molecule has 1 aromatic carbocycles. The Hall–Kier alpha value is -0.740. The summed E-state index contributed by atoms with van der Waals surface area (Å²) >= 11 is 7.13. The van der Waals surface area contributed by atoms with Crippen LogP contribution in [0.5, 0.6) is 0 Å². The largest absolute Gasteiger partial charge is 0.342 e. The van der Waals surface area contributed by atoms with Crippen molar-refractivity contribution in [3.05, 3.63) is 34.6 Å². The number of nitrogens with zero attached hydrogens (tertiary/aromatic N) is 1. The van der Waals surface area contributed by atoms with E-state index in [1.807, 2.05) is 4.90 Å². The van der Waals surface area contributed by atoms with Gasteiger partial charge in [-0.2, -0.15) is 0 Å². The molecule has 1 heterocycles. The van der Waals surface area contributed by atoms with Crippen LogP contribution in [0.15, 0.2) is 18.2 Å². The van der Waals surface area contributed by atoms with E-state index in [1.54, 1.807) is 12.1 Å². The Morgan fingerprint density at radius 1 is 1.39 bits per heavy atom. The van der Waals surface area contributed by atoms with Crippen molar-refractivity contribution in [3.63, 3.8) is 0 Å². The first-order valence-electron chi connectivity index (χ1n) is 5.96. The van der Waals surface area contributed by atoms with Crippen LogP contribution in [0, 0.1) is 5.82 Å². The number of thioether (sulfide) groups is 1. The quantitative estimate of drug-likeness (QED) is 0.846. The van der Waals surface area contributed by atoms with Crippen molar-refractivity contribution in [2.24, 2.45) is 0 Å². The maximum absolute atomic E-state index is 13.5. The molecule has 1 saturated heterocycles. The molecule has 18 heavy (non-hydrogen) atoms. The number of likely N-dealkylation sites (tertiary alicyclic amines) is 1. The summed E-state index contributed by atoms with van der Waals surface area (Å²) in [4.78, 5) is 13.6. The third-order valence-corrected chi connectivity index (χ3v) is 4.16. The highest BCUT2D eigenvalue weighted by Crippen LogP contribution is 2.20. The molecule has 0 radical (unpaired) electrons. The number of amides is 1. The Morgan fingerprint density at radius 3 is 2.78 bits per heavy atom. The molecule has 0 aromatic heterocycles. The first kappa shape index (κ1) is 13.7. The predicted molar refractivity (Wildman–Crippen MR) is 73.4 cm³/mol. The molecule has 5 heteroatoms. The van der Waals surface area contributed by atoms with E-state index < -0.39 is 0 Å². The van der Waals surface area contributed by atoms with Gasteiger partial charge in [-0.05, 0) is 30.5 Å². The Labute approximate surface area is 115 Å². The molecular formula is C13H15ClFNOS. The fourth-order valence-corrected chi connectivity index (χ4v) is 3.02. The number of halogens is 2. The van der Waals surface area contributed by atoms with E-state index in [-0.39, 0.29) is 11.7 Å². The van der Waals surface area contributed by atoms with Crippen LogP contribution in [0.3, 0.4) is 0 Å². The van der Waals surface area contributed by atoms with Gasteiger partial charge in [0, 0.05) is 23.9 Å². The van der Waals surface area contributed by atoms with Gasteiger partial charge in [0.2, 0.25) is 5.91 Å². The lowest BCUT2D eigenvalue weighted by Crippen LogP contribution is -2.29. The molecule has 1 aliphatic heterocycles. The van der Waals surface area contributed by atoms with Gasteiger partial charge in [-0.1, -0.05) is 17.7 Å². The van der Waals surface area contributed by atoms with Gasteiger partial charge >= 0.3 is 0 Å². The van der Waals surface area contributed by atoms with Gasteiger partial charge in [0.15, 0.2) is 0 Å². The van der Waals surface area contributed by atoms with Crippen LogP contribution in [0.4, 0.5) is 4.39 Å². The van der Waals surface area contributed by atoms with E-state index in [0.29, 0.717) is 22.1 Å². The Balaban J connectivity index is 1.79. The lowest BCUT2D eigenvalue weighted by atomic mass is 10.2. The Bertz CT molecular complexity index is 435. The second-order valence-corrected chi connectivity index (χ2v) is 5.74. The average Bonchev–Trinajstić information content (AvgIpc) is 2.85. The minimum Gasteiger partial charge on any atom is -0.342 e. The standard InChI is InChI=1S/C13H15ClFNOS/c14-11-4-3-10(12(15)7-11)8-18-9-13(17)16-5-1-2-6-16/h3-4,7H,1-2,5-6,8-9H2. The number of hydrogen-bond donors (Lipinski definition) is 0. The monoisotopic (exact) mass is 287 g/mol. The molecule has 0 unspecified atom stereocenters. The van der Waals surface area contributed by atoms with E-state index in [9.17, 15) is 9.18 Å². The molecule has 0 spiro atoms. The van der Waals surface area contributed by atoms with Gasteiger partial charge in [0.25, 0.3) is 0 Å². The highest BCUT2D eigenvalue weighted by Gasteiger charge is 2.17. The van der Waals surface area contributed by atoms with E-state index in [0.717, 1.165) is 25.9 Å². The van der Waals surface area contributed by atoms with Crippen LogP contribution in [-0.4, -0.2) is 29.6 Å². The highest BCUT2D eigenvalue weighted by atomic mass is 35.5. The SMILES string of the molecule is O=C(CSCc1ccc(Cl)cc1F)N1CCCC1. The molecular weight excluding hydrogens is 273 g/mol. The fourth-order valence-electron chi connectivity index (χ4n) is 1.94. The molecule has 1 aliphatic rings. The molecule has 0 N–H and O–H groups in total. The Morgan fingerprint density at radius 2 is 2.11 bits per heavy atom. The molecule has 2 nitrogen and oxygen atoms in total. The smallest absolute Gasteiger partial charge is 0.232 e. The zero-order valence-electron chi connectivity index (χ0n) is 9.99. The predicted octanol–water partition coefficient (Wildman–Crippen LogP) is 3.33. The highest BCUT2D eigenvalue weighted by molar-refractivity contribution is 7.99. The number of hydrogen-bond acceptors (Lipinski definition) is 2. The average molecular weight is 288 g/mol. The third kappa shape index (κ3) is 3.62. The van der Waals surface area contributed by atoms with Crippen LogP contribution >= 0.6 is 23.4 Å². The van der Waals surface area contributed by atoms with Gasteiger partial charge in [0.05, 0.1) is 5.75 Å². The van der Waals surface area contributed by atoms with Crippen LogP contribution in [0.2, 0.25) is 5.02 Å². The van der Waals surface area contributed by atoms with Crippen LogP contribution in [0.1, 0.15) is 18.4 Å². The summed E-state index contributed by atoms with van der Waals surface area (Å²) in [5.41, 5.74) is 0.596. The number of benzene rings is 1. The van der Waals surface area contributed by atoms with Crippen molar-refractivity contribution in [2.75, 3.05) is 18.8 Å². The molecule has 0 bridgehead atoms. The molecule has 2 rings (SSSR count). The van der Waals surface area contributed by atoms with E-state index in [2.05, 4.69) is 0 Å². The van der Waals surface area contributed by atoms with Gasteiger partial charge in [-0.15, -0.1) is 11.8 Å². The molecule has 1 fully saturated rings. The van der Waals surface area contributed by atoms with Crippen molar-refractivity contribution in [1.29, 1.82) is 0 Å². The molecule has 1 aromatic rings. The number of carbonyl (C=O) groups is 1. The lowest BCUT2D eigenvalue weighted by molar-refractivity contribution is -0.127. The van der Waals surface area contributed by atoms with Crippen LogP contribution in [0.25, 0.3) is 0 Å². The van der Waals surface area contributed by atoms with Gasteiger partial charge < -0.3 is 4.90 Å². The normalized spacial score (nSPS) is 15.1. The number of carbonyl (C=O) groups excluding carboxylic acids is 1. The van der Waals surface area contributed by atoms with Gasteiger partial charge in [-0.3, -0.25) is 4.79 Å². The fraction of sp³-hybridized carbons (Fsp3) is 0.462. The summed E-state index contributed by atoms with van der Waals surface area (Å²) in [6.07, 6.45) is 2.20. The van der Waals surface area contributed by atoms with Crippen molar-refractivity contribution in [3.8, 4) is 0 Å². The second kappa shape index (κ2) is 6.43. The van der Waals surface area contributed by atoms with Crippen molar-refractivity contribution in [1.82, 2.24) is 4.90 Å². The summed E-state index contributed by atoms with van der Waals surface area (Å²) in [6, 6.07) is 4.65. The zero-order valence-corrected chi connectivity index (χ0v) is 11.6. The van der Waals surface area contributed by atoms with E-state index in [1.165, 1.54) is 17.8 Å². The van der Waals surface area contributed by atoms with Gasteiger partial charge in [-0.25, -0.2) is 4.39 Å². The topological polar surface area (TPSA) is 20.3 Å². The van der Waals surface area contributed by atoms with E-state index in [4.69, 9.17) is 11.6 Å². The molecule has 98 valence electrons. The summed E-state index contributed by atoms with van der Waals surface area (Å²) < 4.78 is 13.5. The summed E-state index contributed by atoms with van der Waals surface area (Å²) in [5.74, 6) is 0.778. The zero-order chi connectivity index (χ0) is 13.0. The van der Waals surface area contributed by atoms with E-state index >= 15 is 0 Å². The summed E-state index contributed by atoms with van der Waals surface area (Å²) in [5, 5.41) is 0.398. The lowest BCUT2D eigenvalue weighted by Gasteiger charge is -2.14. The first-order valence-corrected chi connectivity index (χ1v) is 7.49. The molecule has 0 atom stereocenters. The molecule has 0 saturated carbocycles. The summed E-state index contributed by atoms with van der Waals surface area (Å²) in [6.45, 7) is 1.74. The minimum absolute atomic E-state index is 0.159. The molecule has 1 amide bonds. The van der Waals surface area contributed by atoms with Crippen molar-refractivity contribution in [2.45, 2.75) is 18.6 Å².